The summed E-state index contributed by atoms with van der Waals surface area (Å²) in [6.45, 7) is 6.36. The van der Waals surface area contributed by atoms with Crippen LogP contribution in [0.4, 0.5) is 0 Å². The van der Waals surface area contributed by atoms with E-state index in [0.717, 1.165) is 22.6 Å². The third kappa shape index (κ3) is 4.61. The number of hydrogen-bond acceptors (Lipinski definition) is 7. The minimum absolute atomic E-state index is 0.129. The fraction of sp³-hybridized carbons (Fsp3) is 0.318. The van der Waals surface area contributed by atoms with Crippen LogP contribution in [0, 0.1) is 6.92 Å². The summed E-state index contributed by atoms with van der Waals surface area (Å²) in [5, 5.41) is 16.5. The van der Waals surface area contributed by atoms with Gasteiger partial charge >= 0.3 is 0 Å². The summed E-state index contributed by atoms with van der Waals surface area (Å²) in [4.78, 5) is 22.6. The van der Waals surface area contributed by atoms with E-state index in [9.17, 15) is 4.79 Å². The number of tetrazole rings is 1. The van der Waals surface area contributed by atoms with Gasteiger partial charge in [0.25, 0.3) is 5.91 Å². The van der Waals surface area contributed by atoms with Crippen molar-refractivity contribution in [1.82, 2.24) is 30.6 Å². The number of nitrogens with zero attached hydrogens (tertiary/aromatic N) is 6. The lowest BCUT2D eigenvalue weighted by atomic mass is 10.0. The summed E-state index contributed by atoms with van der Waals surface area (Å²) >= 11 is 0. The summed E-state index contributed by atoms with van der Waals surface area (Å²) in [5.74, 6) is 0.636. The Balaban J connectivity index is 1.69. The number of aliphatic imine (C=N–C) groups is 1. The van der Waals surface area contributed by atoms with Crippen LogP contribution >= 0.6 is 0 Å². The standard InChI is InChI=1S/C22H25N7O2/c1-14(2)21-25-26-27-29(21)19-10-17(16-7-5-15(3)6-8-16)9-18(11-19)22(30)23-12-20-24-13-28(4)31-20/h5-11,13-14,20H,12H2,1-4H3,(H,23,30). The number of carbonyl (C=O) groups excluding carboxylic acids is 1. The van der Waals surface area contributed by atoms with Gasteiger partial charge in [-0.15, -0.1) is 5.10 Å². The zero-order valence-electron chi connectivity index (χ0n) is 18.0. The van der Waals surface area contributed by atoms with Crippen molar-refractivity contribution in [3.8, 4) is 16.8 Å². The molecule has 1 aromatic heterocycles. The molecule has 0 bridgehead atoms. The van der Waals surface area contributed by atoms with Crippen LogP contribution < -0.4 is 5.32 Å². The molecule has 0 radical (unpaired) electrons. The maximum absolute atomic E-state index is 13.0. The molecule has 9 heteroatoms. The Morgan fingerprint density at radius 1 is 1.16 bits per heavy atom. The fourth-order valence-corrected chi connectivity index (χ4v) is 3.30. The molecule has 0 saturated carbocycles. The topological polar surface area (TPSA) is 97.5 Å². The normalized spacial score (nSPS) is 15.6. The van der Waals surface area contributed by atoms with Gasteiger partial charge in [-0.1, -0.05) is 43.7 Å². The molecule has 160 valence electrons. The van der Waals surface area contributed by atoms with E-state index in [1.807, 2.05) is 57.2 Å². The van der Waals surface area contributed by atoms with Gasteiger partial charge in [-0.2, -0.15) is 4.68 Å². The Labute approximate surface area is 180 Å². The lowest BCUT2D eigenvalue weighted by Crippen LogP contribution is -2.32. The van der Waals surface area contributed by atoms with Crippen LogP contribution in [-0.4, -0.2) is 57.3 Å². The molecule has 1 unspecified atom stereocenters. The van der Waals surface area contributed by atoms with Gasteiger partial charge < -0.3 is 5.32 Å². The molecule has 2 aromatic carbocycles. The number of carbonyl (C=O) groups is 1. The highest BCUT2D eigenvalue weighted by Gasteiger charge is 2.19. The van der Waals surface area contributed by atoms with Gasteiger partial charge in [0.2, 0.25) is 0 Å². The molecule has 31 heavy (non-hydrogen) atoms. The van der Waals surface area contributed by atoms with Crippen LogP contribution in [0.1, 0.15) is 41.5 Å². The largest absolute Gasteiger partial charge is 0.347 e. The molecule has 0 saturated heterocycles. The van der Waals surface area contributed by atoms with Gasteiger partial charge in [-0.05, 0) is 46.7 Å². The highest BCUT2D eigenvalue weighted by molar-refractivity contribution is 5.96. The number of aryl methyl sites for hydroxylation is 1. The molecule has 1 amide bonds. The van der Waals surface area contributed by atoms with E-state index >= 15 is 0 Å². The zero-order valence-corrected chi connectivity index (χ0v) is 18.0. The molecule has 0 spiro atoms. The highest BCUT2D eigenvalue weighted by atomic mass is 16.7. The number of hydrogen-bond donors (Lipinski definition) is 1. The van der Waals surface area contributed by atoms with E-state index in [-0.39, 0.29) is 18.4 Å². The second-order valence-electron chi connectivity index (χ2n) is 7.82. The molecule has 0 fully saturated rings. The molecule has 1 aliphatic heterocycles. The molecule has 4 rings (SSSR count). The van der Waals surface area contributed by atoms with Crippen molar-refractivity contribution in [2.75, 3.05) is 13.6 Å². The van der Waals surface area contributed by atoms with E-state index in [1.54, 1.807) is 24.1 Å². The monoisotopic (exact) mass is 419 g/mol. The molecule has 2 heterocycles. The molecule has 1 atom stereocenters. The third-order valence-electron chi connectivity index (χ3n) is 4.94. The van der Waals surface area contributed by atoms with Crippen molar-refractivity contribution < 1.29 is 9.63 Å². The Hall–Kier alpha value is -3.59. The van der Waals surface area contributed by atoms with Crippen LogP contribution in [0.5, 0.6) is 0 Å². The predicted octanol–water partition coefficient (Wildman–Crippen LogP) is 2.72. The van der Waals surface area contributed by atoms with Gasteiger partial charge in [-0.3, -0.25) is 4.79 Å². The van der Waals surface area contributed by atoms with Crippen LogP contribution in [0.3, 0.4) is 0 Å². The molecule has 3 aromatic rings. The van der Waals surface area contributed by atoms with Gasteiger partial charge in [0.05, 0.1) is 12.2 Å². The maximum atomic E-state index is 13.0. The van der Waals surface area contributed by atoms with Crippen molar-refractivity contribution in [3.63, 3.8) is 0 Å². The van der Waals surface area contributed by atoms with Crippen molar-refractivity contribution in [2.45, 2.75) is 32.9 Å². The van der Waals surface area contributed by atoms with Gasteiger partial charge in [0.1, 0.15) is 6.34 Å². The van der Waals surface area contributed by atoms with Gasteiger partial charge in [-0.25, -0.2) is 14.9 Å². The highest BCUT2D eigenvalue weighted by Crippen LogP contribution is 2.26. The van der Waals surface area contributed by atoms with E-state index in [0.29, 0.717) is 5.56 Å². The molecular weight excluding hydrogens is 394 g/mol. The quantitative estimate of drug-likeness (QED) is 0.660. The summed E-state index contributed by atoms with van der Waals surface area (Å²) < 4.78 is 1.68. The van der Waals surface area contributed by atoms with E-state index in [2.05, 4.69) is 25.8 Å². The number of amides is 1. The van der Waals surface area contributed by atoms with Crippen LogP contribution in [0.15, 0.2) is 47.5 Å². The fourth-order valence-electron chi connectivity index (χ4n) is 3.30. The zero-order chi connectivity index (χ0) is 22.0. The summed E-state index contributed by atoms with van der Waals surface area (Å²) in [7, 11) is 1.75. The Morgan fingerprint density at radius 3 is 2.61 bits per heavy atom. The number of hydroxylamine groups is 2. The Morgan fingerprint density at radius 2 is 1.94 bits per heavy atom. The first kappa shape index (κ1) is 20.7. The number of benzene rings is 2. The average molecular weight is 419 g/mol. The van der Waals surface area contributed by atoms with Crippen molar-refractivity contribution in [1.29, 1.82) is 0 Å². The minimum Gasteiger partial charge on any atom is -0.347 e. The van der Waals surface area contributed by atoms with Crippen molar-refractivity contribution in [2.24, 2.45) is 4.99 Å². The molecular formula is C22H25N7O2. The first-order valence-corrected chi connectivity index (χ1v) is 10.1. The second-order valence-corrected chi connectivity index (χ2v) is 7.82. The van der Waals surface area contributed by atoms with Crippen LogP contribution in [-0.2, 0) is 4.84 Å². The maximum Gasteiger partial charge on any atom is 0.251 e. The SMILES string of the molecule is Cc1ccc(-c2cc(C(=O)NCC3N=CN(C)O3)cc(-n3nnnc3C(C)C)c2)cc1. The van der Waals surface area contributed by atoms with Gasteiger partial charge in [0.15, 0.2) is 12.1 Å². The Kier molecular flexibility index (Phi) is 5.77. The minimum atomic E-state index is -0.430. The average Bonchev–Trinajstić information content (AvgIpc) is 3.41. The molecule has 9 nitrogen and oxygen atoms in total. The first-order valence-electron chi connectivity index (χ1n) is 10.1. The number of aromatic nitrogens is 4. The lowest BCUT2D eigenvalue weighted by Gasteiger charge is -2.14. The van der Waals surface area contributed by atoms with Crippen LogP contribution in [0.25, 0.3) is 16.8 Å². The smallest absolute Gasteiger partial charge is 0.251 e. The number of nitrogens with one attached hydrogen (secondary N) is 1. The summed E-state index contributed by atoms with van der Waals surface area (Å²) in [5.41, 5.74) is 4.32. The molecule has 0 aliphatic carbocycles. The van der Waals surface area contributed by atoms with Gasteiger partial charge in [0, 0.05) is 18.5 Å². The van der Waals surface area contributed by atoms with Crippen molar-refractivity contribution >= 4 is 12.2 Å². The molecule has 1 aliphatic rings. The molecule has 1 N–H and O–H groups in total. The predicted molar refractivity (Wildman–Crippen MR) is 117 cm³/mol. The lowest BCUT2D eigenvalue weighted by molar-refractivity contribution is -0.0987. The third-order valence-corrected chi connectivity index (χ3v) is 4.94. The first-order chi connectivity index (χ1) is 14.9. The van der Waals surface area contributed by atoms with E-state index in [4.69, 9.17) is 4.84 Å². The summed E-state index contributed by atoms with van der Waals surface area (Å²) in [6.07, 6.45) is 1.15. The second kappa shape index (κ2) is 8.65. The van der Waals surface area contributed by atoms with Crippen LogP contribution in [0.2, 0.25) is 0 Å². The Bertz CT molecular complexity index is 1110. The van der Waals surface area contributed by atoms with E-state index in [1.165, 1.54) is 10.6 Å². The van der Waals surface area contributed by atoms with E-state index < -0.39 is 6.23 Å². The summed E-state index contributed by atoms with van der Waals surface area (Å²) in [6, 6.07) is 13.8. The number of rotatable bonds is 6. The van der Waals surface area contributed by atoms with Crippen molar-refractivity contribution in [3.05, 3.63) is 59.4 Å².